The summed E-state index contributed by atoms with van der Waals surface area (Å²) in [6.07, 6.45) is 6.11. The van der Waals surface area contributed by atoms with Crippen LogP contribution in [-0.2, 0) is 0 Å². The summed E-state index contributed by atoms with van der Waals surface area (Å²) >= 11 is 0. The molecule has 1 aromatic rings. The van der Waals surface area contributed by atoms with Crippen LogP contribution in [0.5, 0.6) is 0 Å². The first-order chi connectivity index (χ1) is 9.19. The molecular weight excluding hydrogens is 240 g/mol. The second-order valence-corrected chi connectivity index (χ2v) is 5.45. The maximum Gasteiger partial charge on any atom is 0.224 e. The fraction of sp³-hybridized carbons (Fsp3) is 0.714. The molecule has 2 heterocycles. The molecule has 5 nitrogen and oxygen atoms in total. The summed E-state index contributed by atoms with van der Waals surface area (Å²) in [4.78, 5) is 13.2. The van der Waals surface area contributed by atoms with Gasteiger partial charge in [0.1, 0.15) is 0 Å². The standard InChI is InChI=1S/C14H24N4O/c1-12-9-15-14(16-10-12)17(2)11-13-3-5-18(6-4-13)7-8-19/h9-10,13,19H,3-8,11H2,1-2H3. The molecule has 0 bridgehead atoms. The first-order valence-corrected chi connectivity index (χ1v) is 7.02. The molecule has 1 aliphatic rings. The number of hydrogen-bond donors (Lipinski definition) is 1. The van der Waals surface area contributed by atoms with Crippen LogP contribution in [0.1, 0.15) is 18.4 Å². The second-order valence-electron chi connectivity index (χ2n) is 5.45. The predicted octanol–water partition coefficient (Wildman–Crippen LogP) is 0.926. The fourth-order valence-corrected chi connectivity index (χ4v) is 2.59. The minimum atomic E-state index is 0.266. The lowest BCUT2D eigenvalue weighted by molar-refractivity contribution is 0.149. The van der Waals surface area contributed by atoms with Crippen LogP contribution in [0.15, 0.2) is 12.4 Å². The normalized spacial score (nSPS) is 17.6. The second kappa shape index (κ2) is 6.82. The van der Waals surface area contributed by atoms with Gasteiger partial charge in [0, 0.05) is 32.5 Å². The Morgan fingerprint density at radius 1 is 1.32 bits per heavy atom. The molecule has 1 saturated heterocycles. The van der Waals surface area contributed by atoms with Crippen molar-refractivity contribution in [1.82, 2.24) is 14.9 Å². The molecule has 0 aliphatic carbocycles. The molecule has 106 valence electrons. The maximum atomic E-state index is 8.93. The summed E-state index contributed by atoms with van der Waals surface area (Å²) in [5.41, 5.74) is 1.09. The number of β-amino-alcohol motifs (C(OH)–C–C–N with tert-alkyl or cyclic N) is 1. The van der Waals surface area contributed by atoms with E-state index in [1.54, 1.807) is 0 Å². The van der Waals surface area contributed by atoms with Crippen LogP contribution in [0.2, 0.25) is 0 Å². The fourth-order valence-electron chi connectivity index (χ4n) is 2.59. The number of piperidine rings is 1. The highest BCUT2D eigenvalue weighted by atomic mass is 16.3. The number of aryl methyl sites for hydroxylation is 1. The Morgan fingerprint density at radius 2 is 1.95 bits per heavy atom. The van der Waals surface area contributed by atoms with E-state index in [2.05, 4.69) is 26.8 Å². The van der Waals surface area contributed by atoms with Gasteiger partial charge in [-0.15, -0.1) is 0 Å². The van der Waals surface area contributed by atoms with Crippen molar-refractivity contribution < 1.29 is 5.11 Å². The SMILES string of the molecule is Cc1cnc(N(C)CC2CCN(CCO)CC2)nc1. The molecule has 0 unspecified atom stereocenters. The quantitative estimate of drug-likeness (QED) is 0.857. The molecule has 0 aromatic carbocycles. The minimum absolute atomic E-state index is 0.266. The molecule has 0 radical (unpaired) electrons. The smallest absolute Gasteiger partial charge is 0.224 e. The molecule has 0 saturated carbocycles. The van der Waals surface area contributed by atoms with Gasteiger partial charge in [-0.2, -0.15) is 0 Å². The van der Waals surface area contributed by atoms with Crippen LogP contribution in [0, 0.1) is 12.8 Å². The molecular formula is C14H24N4O. The van der Waals surface area contributed by atoms with E-state index in [1.165, 1.54) is 12.8 Å². The van der Waals surface area contributed by atoms with Crippen molar-refractivity contribution in [2.75, 3.05) is 44.7 Å². The van der Waals surface area contributed by atoms with Gasteiger partial charge in [0.2, 0.25) is 5.95 Å². The number of aliphatic hydroxyl groups is 1. The van der Waals surface area contributed by atoms with E-state index in [0.29, 0.717) is 5.92 Å². The van der Waals surface area contributed by atoms with Crippen molar-refractivity contribution in [2.24, 2.45) is 5.92 Å². The Labute approximate surface area is 115 Å². The monoisotopic (exact) mass is 264 g/mol. The number of hydrogen-bond acceptors (Lipinski definition) is 5. The molecule has 2 rings (SSSR count). The molecule has 1 fully saturated rings. The van der Waals surface area contributed by atoms with E-state index in [-0.39, 0.29) is 6.61 Å². The van der Waals surface area contributed by atoms with Gasteiger partial charge < -0.3 is 14.9 Å². The third-order valence-electron chi connectivity index (χ3n) is 3.76. The van der Waals surface area contributed by atoms with Crippen LogP contribution >= 0.6 is 0 Å². The summed E-state index contributed by atoms with van der Waals surface area (Å²) in [6, 6.07) is 0. The van der Waals surface area contributed by atoms with Crippen molar-refractivity contribution >= 4 is 5.95 Å². The number of likely N-dealkylation sites (tertiary alicyclic amines) is 1. The van der Waals surface area contributed by atoms with E-state index < -0.39 is 0 Å². The zero-order valence-electron chi connectivity index (χ0n) is 11.9. The Hall–Kier alpha value is -1.20. The lowest BCUT2D eigenvalue weighted by atomic mass is 9.96. The van der Waals surface area contributed by atoms with E-state index in [1.807, 2.05) is 19.3 Å². The van der Waals surface area contributed by atoms with Crippen LogP contribution in [0.3, 0.4) is 0 Å². The van der Waals surface area contributed by atoms with Crippen molar-refractivity contribution in [2.45, 2.75) is 19.8 Å². The van der Waals surface area contributed by atoms with Gasteiger partial charge >= 0.3 is 0 Å². The predicted molar refractivity (Wildman–Crippen MR) is 76.3 cm³/mol. The van der Waals surface area contributed by atoms with Crippen LogP contribution in [-0.4, -0.2) is 59.8 Å². The van der Waals surface area contributed by atoms with Gasteiger partial charge in [0.25, 0.3) is 0 Å². The first-order valence-electron chi connectivity index (χ1n) is 7.02. The molecule has 1 aliphatic heterocycles. The molecule has 19 heavy (non-hydrogen) atoms. The Kier molecular flexibility index (Phi) is 5.10. The molecule has 5 heteroatoms. The summed E-state index contributed by atoms with van der Waals surface area (Å²) in [5.74, 6) is 1.51. The summed E-state index contributed by atoms with van der Waals surface area (Å²) < 4.78 is 0. The highest BCUT2D eigenvalue weighted by Crippen LogP contribution is 2.19. The summed E-state index contributed by atoms with van der Waals surface area (Å²) in [5, 5.41) is 8.93. The zero-order chi connectivity index (χ0) is 13.7. The highest BCUT2D eigenvalue weighted by molar-refractivity contribution is 5.28. The van der Waals surface area contributed by atoms with Gasteiger partial charge in [-0.25, -0.2) is 9.97 Å². The number of anilines is 1. The van der Waals surface area contributed by atoms with Crippen LogP contribution in [0.4, 0.5) is 5.95 Å². The number of aliphatic hydroxyl groups excluding tert-OH is 1. The summed E-state index contributed by atoms with van der Waals surface area (Å²) in [7, 11) is 2.06. The lowest BCUT2D eigenvalue weighted by Crippen LogP contribution is -2.39. The minimum Gasteiger partial charge on any atom is -0.395 e. The van der Waals surface area contributed by atoms with Crippen molar-refractivity contribution in [1.29, 1.82) is 0 Å². The van der Waals surface area contributed by atoms with Crippen LogP contribution in [0.25, 0.3) is 0 Å². The first kappa shape index (κ1) is 14.2. The van der Waals surface area contributed by atoms with Crippen molar-refractivity contribution in [3.63, 3.8) is 0 Å². The van der Waals surface area contributed by atoms with Gasteiger partial charge in [-0.05, 0) is 44.3 Å². The van der Waals surface area contributed by atoms with Gasteiger partial charge in [0.05, 0.1) is 6.61 Å². The van der Waals surface area contributed by atoms with Crippen molar-refractivity contribution in [3.05, 3.63) is 18.0 Å². The average molecular weight is 264 g/mol. The average Bonchev–Trinajstić information content (AvgIpc) is 2.42. The molecule has 0 spiro atoms. The Bertz CT molecular complexity index is 374. The van der Waals surface area contributed by atoms with E-state index in [4.69, 9.17) is 5.11 Å². The highest BCUT2D eigenvalue weighted by Gasteiger charge is 2.20. The number of rotatable bonds is 5. The molecule has 1 N–H and O–H groups in total. The third kappa shape index (κ3) is 4.14. The van der Waals surface area contributed by atoms with E-state index in [9.17, 15) is 0 Å². The zero-order valence-corrected chi connectivity index (χ0v) is 11.9. The maximum absolute atomic E-state index is 8.93. The number of nitrogens with zero attached hydrogens (tertiary/aromatic N) is 4. The van der Waals surface area contributed by atoms with E-state index in [0.717, 1.165) is 37.7 Å². The Morgan fingerprint density at radius 3 is 2.53 bits per heavy atom. The van der Waals surface area contributed by atoms with Gasteiger partial charge in [-0.3, -0.25) is 0 Å². The van der Waals surface area contributed by atoms with Gasteiger partial charge in [-0.1, -0.05) is 0 Å². The topological polar surface area (TPSA) is 52.5 Å². The largest absolute Gasteiger partial charge is 0.395 e. The Balaban J connectivity index is 1.80. The van der Waals surface area contributed by atoms with Crippen LogP contribution < -0.4 is 4.90 Å². The molecule has 0 amide bonds. The third-order valence-corrected chi connectivity index (χ3v) is 3.76. The molecule has 1 aromatic heterocycles. The number of aromatic nitrogens is 2. The summed E-state index contributed by atoms with van der Waals surface area (Å²) in [6.45, 7) is 6.27. The van der Waals surface area contributed by atoms with Crippen molar-refractivity contribution in [3.8, 4) is 0 Å². The molecule has 0 atom stereocenters. The van der Waals surface area contributed by atoms with E-state index >= 15 is 0 Å². The lowest BCUT2D eigenvalue weighted by Gasteiger charge is -2.33. The van der Waals surface area contributed by atoms with Gasteiger partial charge in [0.15, 0.2) is 0 Å².